The van der Waals surface area contributed by atoms with Gasteiger partial charge in [0.2, 0.25) is 0 Å². The van der Waals surface area contributed by atoms with Crippen molar-refractivity contribution in [2.45, 2.75) is 77.4 Å². The lowest BCUT2D eigenvalue weighted by Crippen LogP contribution is -2.47. The highest BCUT2D eigenvalue weighted by Gasteiger charge is 2.56. The van der Waals surface area contributed by atoms with Gasteiger partial charge in [0.25, 0.3) is 0 Å². The minimum atomic E-state index is -0.434. The quantitative estimate of drug-likeness (QED) is 0.593. The lowest BCUT2D eigenvalue weighted by Gasteiger charge is -2.44. The number of nitrogens with one attached hydrogen (secondary N) is 1. The van der Waals surface area contributed by atoms with Crippen LogP contribution in [0, 0.1) is 17.8 Å². The van der Waals surface area contributed by atoms with Crippen molar-refractivity contribution >= 4 is 5.97 Å². The molecule has 3 nitrogen and oxygen atoms in total. The van der Waals surface area contributed by atoms with Gasteiger partial charge in [-0.2, -0.15) is 0 Å². The van der Waals surface area contributed by atoms with E-state index in [1.54, 1.807) is 0 Å². The molecule has 1 N–H and O–H groups in total. The summed E-state index contributed by atoms with van der Waals surface area (Å²) in [5, 5.41) is 3.31. The van der Waals surface area contributed by atoms with Crippen molar-refractivity contribution < 1.29 is 9.53 Å². The molecule has 26 heavy (non-hydrogen) atoms. The molecule has 5 atom stereocenters. The first-order chi connectivity index (χ1) is 12.3. The summed E-state index contributed by atoms with van der Waals surface area (Å²) in [4.78, 5) is 13.0. The zero-order valence-electron chi connectivity index (χ0n) is 17.0. The van der Waals surface area contributed by atoms with Crippen molar-refractivity contribution in [1.29, 1.82) is 0 Å². The van der Waals surface area contributed by atoms with Crippen molar-refractivity contribution in [3.63, 3.8) is 0 Å². The van der Waals surface area contributed by atoms with E-state index in [0.717, 1.165) is 25.8 Å². The second-order valence-corrected chi connectivity index (χ2v) is 9.19. The average molecular weight is 358 g/mol. The fourth-order valence-electron chi connectivity index (χ4n) is 4.75. The standard InChI is InChI=1S/C23H35NO2/c1-6-17(3)23(15-24-23)21(25)26-20-14-16(2)12-13-19(20)22(4,5)18-10-8-7-9-11-18/h7-11,16-17,19-20,24H,6,12-15H2,1-5H3/t16-,17?,19-,20-,23+/m1/s1. The van der Waals surface area contributed by atoms with Crippen LogP contribution in [-0.2, 0) is 14.9 Å². The van der Waals surface area contributed by atoms with E-state index in [1.165, 1.54) is 12.0 Å². The Labute approximate surface area is 158 Å². The minimum absolute atomic E-state index is 0.00443. The van der Waals surface area contributed by atoms with Gasteiger partial charge in [-0.1, -0.05) is 77.8 Å². The van der Waals surface area contributed by atoms with Crippen LogP contribution in [0.1, 0.15) is 65.9 Å². The largest absolute Gasteiger partial charge is 0.461 e. The van der Waals surface area contributed by atoms with Crippen molar-refractivity contribution in [3.8, 4) is 0 Å². The second kappa shape index (κ2) is 7.34. The Morgan fingerprint density at radius 1 is 1.31 bits per heavy atom. The predicted octanol–water partition coefficient (Wildman–Crippen LogP) is 4.70. The Balaban J connectivity index is 1.80. The Morgan fingerprint density at radius 2 is 1.96 bits per heavy atom. The first kappa shape index (κ1) is 19.4. The lowest BCUT2D eigenvalue weighted by molar-refractivity contribution is -0.161. The van der Waals surface area contributed by atoms with Gasteiger partial charge in [-0.15, -0.1) is 0 Å². The van der Waals surface area contributed by atoms with Crippen molar-refractivity contribution in [1.82, 2.24) is 5.32 Å². The molecule has 1 saturated heterocycles. The van der Waals surface area contributed by atoms with Crippen LogP contribution >= 0.6 is 0 Å². The van der Waals surface area contributed by atoms with Crippen LogP contribution in [0.5, 0.6) is 0 Å². The van der Waals surface area contributed by atoms with Crippen LogP contribution in [0.15, 0.2) is 30.3 Å². The Bertz CT molecular complexity index is 620. The maximum Gasteiger partial charge on any atom is 0.328 e. The van der Waals surface area contributed by atoms with Gasteiger partial charge in [-0.05, 0) is 35.7 Å². The third-order valence-electron chi connectivity index (χ3n) is 7.13. The van der Waals surface area contributed by atoms with Gasteiger partial charge in [0.05, 0.1) is 0 Å². The van der Waals surface area contributed by atoms with E-state index in [-0.39, 0.29) is 17.5 Å². The van der Waals surface area contributed by atoms with E-state index < -0.39 is 5.54 Å². The monoisotopic (exact) mass is 357 g/mol. The molecule has 0 amide bonds. The topological polar surface area (TPSA) is 48.2 Å². The Kier molecular flexibility index (Phi) is 5.48. The third-order valence-corrected chi connectivity index (χ3v) is 7.13. The van der Waals surface area contributed by atoms with Gasteiger partial charge in [-0.25, -0.2) is 4.79 Å². The highest BCUT2D eigenvalue weighted by Crippen LogP contribution is 2.44. The summed E-state index contributed by atoms with van der Waals surface area (Å²) < 4.78 is 6.23. The molecule has 1 aliphatic heterocycles. The van der Waals surface area contributed by atoms with Gasteiger partial charge in [0, 0.05) is 12.5 Å². The fraction of sp³-hybridized carbons (Fsp3) is 0.696. The number of carbonyl (C=O) groups excluding carboxylic acids is 1. The summed E-state index contributed by atoms with van der Waals surface area (Å²) in [5.74, 6) is 1.26. The van der Waals surface area contributed by atoms with Crippen LogP contribution in [-0.4, -0.2) is 24.2 Å². The van der Waals surface area contributed by atoms with Gasteiger partial charge in [-0.3, -0.25) is 5.32 Å². The average Bonchev–Trinajstić information content (AvgIpc) is 3.43. The molecule has 0 spiro atoms. The van der Waals surface area contributed by atoms with E-state index in [1.807, 2.05) is 0 Å². The van der Waals surface area contributed by atoms with Crippen LogP contribution < -0.4 is 5.32 Å². The molecular formula is C23H35NO2. The number of hydrogen-bond acceptors (Lipinski definition) is 3. The molecule has 0 radical (unpaired) electrons. The van der Waals surface area contributed by atoms with Gasteiger partial charge < -0.3 is 4.74 Å². The molecule has 3 rings (SSSR count). The maximum atomic E-state index is 13.0. The van der Waals surface area contributed by atoms with Crippen molar-refractivity contribution in [3.05, 3.63) is 35.9 Å². The van der Waals surface area contributed by atoms with E-state index in [4.69, 9.17) is 4.74 Å². The number of rotatable bonds is 6. The molecule has 2 aliphatic rings. The smallest absolute Gasteiger partial charge is 0.328 e. The summed E-state index contributed by atoms with van der Waals surface area (Å²) in [6.45, 7) is 12.0. The lowest BCUT2D eigenvalue weighted by atomic mass is 9.64. The molecule has 1 heterocycles. The van der Waals surface area contributed by atoms with E-state index in [9.17, 15) is 4.79 Å². The zero-order chi connectivity index (χ0) is 18.9. The molecule has 2 fully saturated rings. The summed E-state index contributed by atoms with van der Waals surface area (Å²) in [6, 6.07) is 10.7. The first-order valence-corrected chi connectivity index (χ1v) is 10.3. The van der Waals surface area contributed by atoms with Crippen LogP contribution in [0.3, 0.4) is 0 Å². The third kappa shape index (κ3) is 3.55. The number of ether oxygens (including phenoxy) is 1. The van der Waals surface area contributed by atoms with E-state index in [2.05, 4.69) is 70.3 Å². The van der Waals surface area contributed by atoms with Crippen molar-refractivity contribution in [2.75, 3.05) is 6.54 Å². The number of hydrogen-bond donors (Lipinski definition) is 1. The number of benzene rings is 1. The molecule has 1 aliphatic carbocycles. The second-order valence-electron chi connectivity index (χ2n) is 9.19. The van der Waals surface area contributed by atoms with Gasteiger partial charge in [0.15, 0.2) is 0 Å². The molecule has 3 heteroatoms. The molecular weight excluding hydrogens is 322 g/mol. The summed E-state index contributed by atoms with van der Waals surface area (Å²) in [6.07, 6.45) is 4.30. The number of esters is 1. The molecule has 0 aromatic heterocycles. The maximum absolute atomic E-state index is 13.0. The SMILES string of the molecule is CCC(C)[C@]1(C(=O)O[C@@H]2C[C@H](C)CC[C@H]2C(C)(C)c2ccccc2)CN1. The van der Waals surface area contributed by atoms with E-state index in [0.29, 0.717) is 17.8 Å². The summed E-state index contributed by atoms with van der Waals surface area (Å²) in [5.41, 5.74) is 0.894. The molecule has 144 valence electrons. The van der Waals surface area contributed by atoms with Crippen LogP contribution in [0.4, 0.5) is 0 Å². The highest BCUT2D eigenvalue weighted by molar-refractivity contribution is 5.85. The normalized spacial score (nSPS) is 32.7. The summed E-state index contributed by atoms with van der Waals surface area (Å²) >= 11 is 0. The van der Waals surface area contributed by atoms with Gasteiger partial charge in [0.1, 0.15) is 11.6 Å². The Morgan fingerprint density at radius 3 is 2.54 bits per heavy atom. The van der Waals surface area contributed by atoms with Crippen LogP contribution in [0.25, 0.3) is 0 Å². The molecule has 1 aromatic carbocycles. The van der Waals surface area contributed by atoms with Crippen LogP contribution in [0.2, 0.25) is 0 Å². The molecule has 1 unspecified atom stereocenters. The fourth-order valence-corrected chi connectivity index (χ4v) is 4.75. The molecule has 1 aromatic rings. The summed E-state index contributed by atoms with van der Waals surface area (Å²) in [7, 11) is 0. The highest BCUT2D eigenvalue weighted by atomic mass is 16.5. The van der Waals surface area contributed by atoms with Crippen molar-refractivity contribution in [2.24, 2.45) is 17.8 Å². The Hall–Kier alpha value is -1.35. The van der Waals surface area contributed by atoms with Gasteiger partial charge >= 0.3 is 5.97 Å². The number of carbonyl (C=O) groups is 1. The van der Waals surface area contributed by atoms with E-state index >= 15 is 0 Å². The zero-order valence-corrected chi connectivity index (χ0v) is 17.0. The predicted molar refractivity (Wildman–Crippen MR) is 106 cm³/mol. The molecule has 1 saturated carbocycles. The first-order valence-electron chi connectivity index (χ1n) is 10.3. The minimum Gasteiger partial charge on any atom is -0.461 e. The molecule has 0 bridgehead atoms.